The van der Waals surface area contributed by atoms with Crippen LogP contribution in [0.1, 0.15) is 10.4 Å². The van der Waals surface area contributed by atoms with Gasteiger partial charge in [-0.3, -0.25) is 9.59 Å². The highest BCUT2D eigenvalue weighted by atomic mass is 16.5. The average molecular weight is 278 g/mol. The summed E-state index contributed by atoms with van der Waals surface area (Å²) >= 11 is 0. The van der Waals surface area contributed by atoms with E-state index in [-0.39, 0.29) is 6.54 Å². The number of benzene rings is 1. The summed E-state index contributed by atoms with van der Waals surface area (Å²) in [7, 11) is 0. The zero-order valence-electron chi connectivity index (χ0n) is 11.1. The molecule has 20 heavy (non-hydrogen) atoms. The first-order valence-electron chi connectivity index (χ1n) is 6.53. The number of hydrogen-bond acceptors (Lipinski definition) is 5. The molecule has 6 heteroatoms. The highest BCUT2D eigenvalue weighted by Gasteiger charge is 2.25. The van der Waals surface area contributed by atoms with Gasteiger partial charge in [-0.25, -0.2) is 0 Å². The van der Waals surface area contributed by atoms with E-state index < -0.39 is 17.7 Å². The van der Waals surface area contributed by atoms with Crippen molar-refractivity contribution >= 4 is 17.4 Å². The second kappa shape index (κ2) is 6.49. The number of aliphatic carboxylic acids is 1. The summed E-state index contributed by atoms with van der Waals surface area (Å²) in [5.41, 5.74) is 6.71. The minimum absolute atomic E-state index is 0.195. The number of anilines is 1. The Kier molecular flexibility index (Phi) is 4.70. The molecule has 1 heterocycles. The number of Topliss-reactive ketones (excluding diaryl/α,β-unsaturated/α-hetero) is 1. The van der Waals surface area contributed by atoms with Gasteiger partial charge in [0.05, 0.1) is 13.2 Å². The van der Waals surface area contributed by atoms with E-state index in [9.17, 15) is 9.59 Å². The summed E-state index contributed by atoms with van der Waals surface area (Å²) in [6.07, 6.45) is 0. The van der Waals surface area contributed by atoms with Gasteiger partial charge >= 0.3 is 5.97 Å². The Morgan fingerprint density at radius 2 is 1.85 bits per heavy atom. The molecule has 0 spiro atoms. The Labute approximate surface area is 117 Å². The number of rotatable bonds is 5. The molecule has 1 unspecified atom stereocenters. The second-order valence-electron chi connectivity index (χ2n) is 4.64. The van der Waals surface area contributed by atoms with Gasteiger partial charge in [0, 0.05) is 30.9 Å². The van der Waals surface area contributed by atoms with E-state index in [1.165, 1.54) is 0 Å². The topological polar surface area (TPSA) is 92.9 Å². The van der Waals surface area contributed by atoms with Crippen molar-refractivity contribution in [2.75, 3.05) is 37.7 Å². The first kappa shape index (κ1) is 14.5. The van der Waals surface area contributed by atoms with Crippen molar-refractivity contribution in [2.24, 2.45) is 11.7 Å². The predicted octanol–water partition coefficient (Wildman–Crippen LogP) is 0.365. The molecule has 0 saturated carbocycles. The smallest absolute Gasteiger partial charge is 0.315 e. The van der Waals surface area contributed by atoms with Crippen molar-refractivity contribution in [3.63, 3.8) is 0 Å². The van der Waals surface area contributed by atoms with Crippen LogP contribution in [0.5, 0.6) is 0 Å². The van der Waals surface area contributed by atoms with Gasteiger partial charge in [-0.1, -0.05) is 0 Å². The number of carboxylic acids is 1. The lowest BCUT2D eigenvalue weighted by molar-refractivity contribution is -0.139. The Bertz CT molecular complexity index is 480. The molecule has 6 nitrogen and oxygen atoms in total. The molecule has 108 valence electrons. The van der Waals surface area contributed by atoms with E-state index in [0.29, 0.717) is 18.8 Å². The zero-order chi connectivity index (χ0) is 14.5. The highest BCUT2D eigenvalue weighted by Crippen LogP contribution is 2.18. The lowest BCUT2D eigenvalue weighted by Gasteiger charge is -2.28. The third kappa shape index (κ3) is 3.15. The van der Waals surface area contributed by atoms with Crippen LogP contribution in [0.3, 0.4) is 0 Å². The molecule has 1 aliphatic heterocycles. The summed E-state index contributed by atoms with van der Waals surface area (Å²) in [4.78, 5) is 25.1. The van der Waals surface area contributed by atoms with Crippen LogP contribution in [0.15, 0.2) is 24.3 Å². The van der Waals surface area contributed by atoms with Crippen LogP contribution in [0.25, 0.3) is 0 Å². The van der Waals surface area contributed by atoms with Crippen LogP contribution >= 0.6 is 0 Å². The van der Waals surface area contributed by atoms with Crippen molar-refractivity contribution in [1.29, 1.82) is 0 Å². The maximum Gasteiger partial charge on any atom is 0.315 e. The third-order valence-corrected chi connectivity index (χ3v) is 3.38. The SMILES string of the molecule is NCC(C(=O)O)C(=O)c1ccc(N2CCOCC2)cc1. The first-order chi connectivity index (χ1) is 9.63. The predicted molar refractivity (Wildman–Crippen MR) is 74.0 cm³/mol. The van der Waals surface area contributed by atoms with E-state index >= 15 is 0 Å². The van der Waals surface area contributed by atoms with E-state index in [0.717, 1.165) is 18.8 Å². The normalized spacial score (nSPS) is 16.8. The maximum atomic E-state index is 12.0. The van der Waals surface area contributed by atoms with Crippen LogP contribution in [0.4, 0.5) is 5.69 Å². The van der Waals surface area contributed by atoms with E-state index in [4.69, 9.17) is 15.6 Å². The molecular formula is C14H18N2O4. The van der Waals surface area contributed by atoms with E-state index in [1.807, 2.05) is 12.1 Å². The van der Waals surface area contributed by atoms with Gasteiger partial charge in [-0.05, 0) is 24.3 Å². The van der Waals surface area contributed by atoms with Crippen molar-refractivity contribution in [3.05, 3.63) is 29.8 Å². The number of carbonyl (C=O) groups is 2. The fraction of sp³-hybridized carbons (Fsp3) is 0.429. The molecule has 1 aromatic carbocycles. The van der Waals surface area contributed by atoms with Gasteiger partial charge in [0.1, 0.15) is 5.92 Å². The Morgan fingerprint density at radius 1 is 1.25 bits per heavy atom. The molecular weight excluding hydrogens is 260 g/mol. The number of morpholine rings is 1. The van der Waals surface area contributed by atoms with Crippen molar-refractivity contribution in [1.82, 2.24) is 0 Å². The summed E-state index contributed by atoms with van der Waals surface area (Å²) in [5.74, 6) is -2.81. The number of nitrogens with two attached hydrogens (primary N) is 1. The molecule has 0 aliphatic carbocycles. The molecule has 0 bridgehead atoms. The van der Waals surface area contributed by atoms with Gasteiger partial charge in [0.15, 0.2) is 5.78 Å². The largest absolute Gasteiger partial charge is 0.481 e. The number of hydrogen-bond donors (Lipinski definition) is 2. The molecule has 0 amide bonds. The Hall–Kier alpha value is -1.92. The number of ether oxygens (including phenoxy) is 1. The summed E-state index contributed by atoms with van der Waals surface area (Å²) < 4.78 is 5.28. The fourth-order valence-electron chi connectivity index (χ4n) is 2.18. The minimum atomic E-state index is -1.19. The molecule has 1 aromatic rings. The maximum absolute atomic E-state index is 12.0. The van der Waals surface area contributed by atoms with Crippen LogP contribution in [-0.2, 0) is 9.53 Å². The number of nitrogens with zero attached hydrogens (tertiary/aromatic N) is 1. The Balaban J connectivity index is 2.11. The summed E-state index contributed by atoms with van der Waals surface area (Å²) in [6.45, 7) is 2.81. The third-order valence-electron chi connectivity index (χ3n) is 3.38. The Morgan fingerprint density at radius 3 is 2.35 bits per heavy atom. The fourth-order valence-corrected chi connectivity index (χ4v) is 2.18. The molecule has 0 aromatic heterocycles. The van der Waals surface area contributed by atoms with Crippen LogP contribution in [-0.4, -0.2) is 49.7 Å². The van der Waals surface area contributed by atoms with Crippen molar-refractivity contribution < 1.29 is 19.4 Å². The monoisotopic (exact) mass is 278 g/mol. The number of ketones is 1. The van der Waals surface area contributed by atoms with Gasteiger partial charge in [-0.15, -0.1) is 0 Å². The number of carbonyl (C=O) groups excluding carboxylic acids is 1. The minimum Gasteiger partial charge on any atom is -0.481 e. The highest BCUT2D eigenvalue weighted by molar-refractivity contribution is 6.08. The molecule has 3 N–H and O–H groups in total. The van der Waals surface area contributed by atoms with Gasteiger partial charge in [0.25, 0.3) is 0 Å². The van der Waals surface area contributed by atoms with Crippen LogP contribution in [0, 0.1) is 5.92 Å². The molecule has 1 fully saturated rings. The van der Waals surface area contributed by atoms with Gasteiger partial charge in [-0.2, -0.15) is 0 Å². The standard InChI is InChI=1S/C14H18N2O4/c15-9-12(14(18)19)13(17)10-1-3-11(4-2-10)16-5-7-20-8-6-16/h1-4,12H,5-9,15H2,(H,18,19). The average Bonchev–Trinajstić information content (AvgIpc) is 2.48. The molecule has 0 radical (unpaired) electrons. The lowest BCUT2D eigenvalue weighted by atomic mass is 9.97. The van der Waals surface area contributed by atoms with Crippen molar-refractivity contribution in [2.45, 2.75) is 0 Å². The molecule has 1 atom stereocenters. The number of carboxylic acid groups (broad SMARTS) is 1. The summed E-state index contributed by atoms with van der Waals surface area (Å²) in [5, 5.41) is 8.94. The van der Waals surface area contributed by atoms with Gasteiger partial charge < -0.3 is 20.5 Å². The molecule has 2 rings (SSSR count). The second-order valence-corrected chi connectivity index (χ2v) is 4.64. The summed E-state index contributed by atoms with van der Waals surface area (Å²) in [6, 6.07) is 6.96. The lowest BCUT2D eigenvalue weighted by Crippen LogP contribution is -2.36. The van der Waals surface area contributed by atoms with Crippen LogP contribution in [0.2, 0.25) is 0 Å². The zero-order valence-corrected chi connectivity index (χ0v) is 11.1. The quantitative estimate of drug-likeness (QED) is 0.597. The van der Waals surface area contributed by atoms with E-state index in [2.05, 4.69) is 4.90 Å². The molecule has 1 saturated heterocycles. The van der Waals surface area contributed by atoms with Crippen LogP contribution < -0.4 is 10.6 Å². The van der Waals surface area contributed by atoms with E-state index in [1.54, 1.807) is 12.1 Å². The first-order valence-corrected chi connectivity index (χ1v) is 6.53. The molecule has 1 aliphatic rings. The van der Waals surface area contributed by atoms with Gasteiger partial charge in [0.2, 0.25) is 0 Å². The van der Waals surface area contributed by atoms with Crippen molar-refractivity contribution in [3.8, 4) is 0 Å².